The number of rotatable bonds is 4. The van der Waals surface area contributed by atoms with Crippen LogP contribution in [0.5, 0.6) is 0 Å². The van der Waals surface area contributed by atoms with Crippen LogP contribution in [0.3, 0.4) is 0 Å². The average molecular weight is 393 g/mol. The number of urea groups is 1. The zero-order valence-electron chi connectivity index (χ0n) is 15.2. The van der Waals surface area contributed by atoms with E-state index in [2.05, 4.69) is 4.98 Å². The summed E-state index contributed by atoms with van der Waals surface area (Å²) in [6, 6.07) is 6.37. The molecule has 1 aromatic carbocycles. The van der Waals surface area contributed by atoms with Crippen LogP contribution in [0.2, 0.25) is 0 Å². The van der Waals surface area contributed by atoms with Gasteiger partial charge in [0.05, 0.1) is 12.1 Å². The highest BCUT2D eigenvalue weighted by Crippen LogP contribution is 2.39. The van der Waals surface area contributed by atoms with Gasteiger partial charge >= 0.3 is 12.2 Å². The van der Waals surface area contributed by atoms with Crippen molar-refractivity contribution >= 4 is 17.6 Å². The number of carbonyl (C=O) groups excluding carboxylic acids is 2. The fraction of sp³-hybridized carbons (Fsp3) is 0.316. The van der Waals surface area contributed by atoms with Gasteiger partial charge in [0.1, 0.15) is 11.6 Å². The normalized spacial score (nSPS) is 17.4. The van der Waals surface area contributed by atoms with Crippen molar-refractivity contribution in [1.82, 2.24) is 9.88 Å². The van der Waals surface area contributed by atoms with Gasteiger partial charge in [-0.25, -0.2) is 14.7 Å². The molecule has 9 heteroatoms. The summed E-state index contributed by atoms with van der Waals surface area (Å²) in [5.41, 5.74) is -0.298. The smallest absolute Gasteiger partial charge is 0.371 e. The molecule has 148 valence electrons. The molecular formula is C19H18F3N3O3. The van der Waals surface area contributed by atoms with Gasteiger partial charge in [-0.05, 0) is 24.1 Å². The van der Waals surface area contributed by atoms with Crippen molar-refractivity contribution in [2.45, 2.75) is 25.7 Å². The second kappa shape index (κ2) is 7.23. The number of Topliss-reactive ketones (excluding diaryl/α,β-unsaturated/α-hetero) is 1. The summed E-state index contributed by atoms with van der Waals surface area (Å²) in [7, 11) is 1.44. The number of aliphatic hydroxyl groups excluding tert-OH is 1. The molecule has 0 spiro atoms. The summed E-state index contributed by atoms with van der Waals surface area (Å²) in [6.07, 6.45) is -4.84. The number of amides is 2. The standard InChI is InChI=1S/C19H18F3N3O3/c1-11(26)6-12-4-3-5-13(7-12)14-9-23-16(8-15(14)19(20,21)22)25-17(27)10-24(2)18(25)28/h3-5,7-9,17,27H,6,10H2,1-2H3. The Balaban J connectivity index is 2.08. The van der Waals surface area contributed by atoms with E-state index in [4.69, 9.17) is 0 Å². The zero-order chi connectivity index (χ0) is 20.6. The molecule has 0 radical (unpaired) electrons. The Hall–Kier alpha value is -2.94. The van der Waals surface area contributed by atoms with E-state index in [0.29, 0.717) is 5.56 Å². The lowest BCUT2D eigenvalue weighted by Gasteiger charge is -2.21. The Morgan fingerprint density at radius 3 is 2.61 bits per heavy atom. The van der Waals surface area contributed by atoms with Gasteiger partial charge in [-0.1, -0.05) is 24.3 Å². The highest BCUT2D eigenvalue weighted by molar-refractivity contribution is 5.93. The minimum absolute atomic E-state index is 0.0310. The molecule has 28 heavy (non-hydrogen) atoms. The molecule has 1 unspecified atom stereocenters. The first-order valence-electron chi connectivity index (χ1n) is 8.46. The van der Waals surface area contributed by atoms with Crippen LogP contribution in [-0.4, -0.2) is 46.6 Å². The van der Waals surface area contributed by atoms with Gasteiger partial charge in [0, 0.05) is 25.2 Å². The predicted molar refractivity (Wildman–Crippen MR) is 95.6 cm³/mol. The van der Waals surface area contributed by atoms with E-state index in [-0.39, 0.29) is 35.7 Å². The van der Waals surface area contributed by atoms with Crippen molar-refractivity contribution in [1.29, 1.82) is 0 Å². The molecule has 3 rings (SSSR count). The summed E-state index contributed by atoms with van der Waals surface area (Å²) < 4.78 is 41.2. The van der Waals surface area contributed by atoms with Crippen LogP contribution in [0.15, 0.2) is 36.5 Å². The lowest BCUT2D eigenvalue weighted by atomic mass is 9.98. The van der Waals surface area contributed by atoms with E-state index in [1.165, 1.54) is 31.0 Å². The SMILES string of the molecule is CC(=O)Cc1cccc(-c2cnc(N3C(=O)N(C)CC3O)cc2C(F)(F)F)c1. The molecule has 1 N–H and O–H groups in total. The highest BCUT2D eigenvalue weighted by Gasteiger charge is 2.39. The Morgan fingerprint density at radius 2 is 2.04 bits per heavy atom. The van der Waals surface area contributed by atoms with Gasteiger partial charge in [-0.3, -0.25) is 4.79 Å². The van der Waals surface area contributed by atoms with Crippen LogP contribution < -0.4 is 4.90 Å². The highest BCUT2D eigenvalue weighted by atomic mass is 19.4. The lowest BCUT2D eigenvalue weighted by molar-refractivity contribution is -0.137. The predicted octanol–water partition coefficient (Wildman–Crippen LogP) is 3.09. The maximum absolute atomic E-state index is 13.7. The number of nitrogens with zero attached hydrogens (tertiary/aromatic N) is 3. The molecule has 1 aliphatic heterocycles. The number of benzene rings is 1. The van der Waals surface area contributed by atoms with Crippen LogP contribution in [0.25, 0.3) is 11.1 Å². The summed E-state index contributed by atoms with van der Waals surface area (Å²) >= 11 is 0. The molecule has 1 saturated heterocycles. The van der Waals surface area contributed by atoms with Gasteiger partial charge in [0.25, 0.3) is 0 Å². The summed E-state index contributed by atoms with van der Waals surface area (Å²) in [6.45, 7) is 1.37. The van der Waals surface area contributed by atoms with Gasteiger partial charge in [-0.15, -0.1) is 0 Å². The van der Waals surface area contributed by atoms with Gasteiger partial charge in [0.15, 0.2) is 6.23 Å². The largest absolute Gasteiger partial charge is 0.417 e. The van der Waals surface area contributed by atoms with Crippen molar-refractivity contribution in [3.05, 3.63) is 47.7 Å². The van der Waals surface area contributed by atoms with Crippen LogP contribution in [0, 0.1) is 0 Å². The molecular weight excluding hydrogens is 375 g/mol. The number of carbonyl (C=O) groups is 2. The quantitative estimate of drug-likeness (QED) is 0.867. The van der Waals surface area contributed by atoms with Crippen LogP contribution >= 0.6 is 0 Å². The molecule has 1 fully saturated rings. The Bertz CT molecular complexity index is 930. The second-order valence-electron chi connectivity index (χ2n) is 6.68. The van der Waals surface area contributed by atoms with Crippen LogP contribution in [0.4, 0.5) is 23.8 Å². The van der Waals surface area contributed by atoms with Crippen molar-refractivity contribution in [3.63, 3.8) is 0 Å². The van der Waals surface area contributed by atoms with Gasteiger partial charge < -0.3 is 10.0 Å². The summed E-state index contributed by atoms with van der Waals surface area (Å²) in [5.74, 6) is -0.384. The first-order valence-corrected chi connectivity index (χ1v) is 8.46. The van der Waals surface area contributed by atoms with E-state index in [9.17, 15) is 27.9 Å². The summed E-state index contributed by atoms with van der Waals surface area (Å²) in [5, 5.41) is 9.99. The second-order valence-corrected chi connectivity index (χ2v) is 6.68. The van der Waals surface area contributed by atoms with Crippen molar-refractivity contribution in [2.75, 3.05) is 18.5 Å². The Labute approximate surface area is 159 Å². The number of pyridine rings is 1. The third-order valence-electron chi connectivity index (χ3n) is 4.40. The number of anilines is 1. The van der Waals surface area contributed by atoms with Gasteiger partial charge in [-0.2, -0.15) is 13.2 Å². The maximum Gasteiger partial charge on any atom is 0.417 e. The van der Waals surface area contributed by atoms with E-state index in [1.807, 2.05) is 0 Å². The molecule has 1 aliphatic rings. The minimum atomic E-state index is -4.71. The topological polar surface area (TPSA) is 73.7 Å². The van der Waals surface area contributed by atoms with E-state index < -0.39 is 24.0 Å². The summed E-state index contributed by atoms with van der Waals surface area (Å²) in [4.78, 5) is 29.4. The Morgan fingerprint density at radius 1 is 1.32 bits per heavy atom. The number of hydrogen-bond acceptors (Lipinski definition) is 4. The third kappa shape index (κ3) is 3.84. The zero-order valence-corrected chi connectivity index (χ0v) is 15.2. The number of hydrogen-bond donors (Lipinski definition) is 1. The molecule has 2 heterocycles. The molecule has 1 atom stereocenters. The van der Waals surface area contributed by atoms with Crippen LogP contribution in [0.1, 0.15) is 18.1 Å². The number of ketones is 1. The molecule has 1 aromatic heterocycles. The number of β-amino-alcohol motifs (C(OH)–C–C–N with tert-alkyl or cyclic N) is 1. The number of aromatic nitrogens is 1. The monoisotopic (exact) mass is 393 g/mol. The van der Waals surface area contributed by atoms with E-state index in [1.54, 1.807) is 12.1 Å². The van der Waals surface area contributed by atoms with E-state index in [0.717, 1.165) is 17.2 Å². The minimum Gasteiger partial charge on any atom is -0.371 e. The number of likely N-dealkylation sites (N-methyl/N-ethyl adjacent to an activating group) is 1. The lowest BCUT2D eigenvalue weighted by Crippen LogP contribution is -2.35. The average Bonchev–Trinajstić information content (AvgIpc) is 2.85. The first-order chi connectivity index (χ1) is 13.1. The molecule has 2 amide bonds. The number of halogens is 3. The molecule has 2 aromatic rings. The molecule has 0 saturated carbocycles. The Kier molecular flexibility index (Phi) is 5.12. The van der Waals surface area contributed by atoms with Crippen LogP contribution in [-0.2, 0) is 17.4 Å². The molecule has 0 aliphatic carbocycles. The molecule has 0 bridgehead atoms. The first kappa shape index (κ1) is 19.8. The van der Waals surface area contributed by atoms with Crippen molar-refractivity contribution in [3.8, 4) is 11.1 Å². The fourth-order valence-electron chi connectivity index (χ4n) is 3.14. The van der Waals surface area contributed by atoms with Crippen molar-refractivity contribution in [2.24, 2.45) is 0 Å². The number of aliphatic hydroxyl groups is 1. The third-order valence-corrected chi connectivity index (χ3v) is 4.40. The van der Waals surface area contributed by atoms with Gasteiger partial charge in [0.2, 0.25) is 0 Å². The fourth-order valence-corrected chi connectivity index (χ4v) is 3.14. The van der Waals surface area contributed by atoms with Crippen molar-refractivity contribution < 1.29 is 27.9 Å². The molecule has 6 nitrogen and oxygen atoms in total. The van der Waals surface area contributed by atoms with E-state index >= 15 is 0 Å². The maximum atomic E-state index is 13.7. The number of alkyl halides is 3.